The highest BCUT2D eigenvalue weighted by Crippen LogP contribution is 2.65. The van der Waals surface area contributed by atoms with Crippen LogP contribution in [0.25, 0.3) is 77.6 Å². The van der Waals surface area contributed by atoms with Gasteiger partial charge in [-0.3, -0.25) is 0 Å². The third-order valence-corrected chi connectivity index (χ3v) is 13.5. The number of hydrogen-bond donors (Lipinski definition) is 0. The van der Waals surface area contributed by atoms with Gasteiger partial charge in [0, 0.05) is 27.8 Å². The molecule has 0 N–H and O–H groups in total. The minimum absolute atomic E-state index is 0.593. The van der Waals surface area contributed by atoms with Gasteiger partial charge in [-0.2, -0.15) is 0 Å². The Labute approximate surface area is 366 Å². The Balaban J connectivity index is 1.07. The van der Waals surface area contributed by atoms with Gasteiger partial charge in [0.2, 0.25) is 0 Å². The zero-order valence-corrected chi connectivity index (χ0v) is 34.4. The molecule has 1 atom stereocenters. The second-order valence-corrected chi connectivity index (χ2v) is 16.8. The molecule has 10 aromatic carbocycles. The lowest BCUT2D eigenvalue weighted by molar-refractivity contribution is 0.668. The number of anilines is 3. The van der Waals surface area contributed by atoms with Gasteiger partial charge in [-0.1, -0.05) is 182 Å². The summed E-state index contributed by atoms with van der Waals surface area (Å²) in [5, 5.41) is 2.32. The predicted molar refractivity (Wildman–Crippen MR) is 261 cm³/mol. The maximum Gasteiger partial charge on any atom is 0.136 e. The first kappa shape index (κ1) is 35.5. The van der Waals surface area contributed by atoms with E-state index >= 15 is 0 Å². The summed E-state index contributed by atoms with van der Waals surface area (Å²) in [7, 11) is 0. The predicted octanol–water partition coefficient (Wildman–Crippen LogP) is 16.4. The molecule has 0 aliphatic heterocycles. The molecule has 2 heteroatoms. The van der Waals surface area contributed by atoms with Crippen LogP contribution in [0, 0.1) is 0 Å². The summed E-state index contributed by atoms with van der Waals surface area (Å²) in [6.07, 6.45) is 0. The molecule has 0 radical (unpaired) electrons. The number of benzene rings is 10. The van der Waals surface area contributed by atoms with Crippen LogP contribution in [0.1, 0.15) is 22.3 Å². The minimum atomic E-state index is -0.593. The zero-order chi connectivity index (χ0) is 41.5. The van der Waals surface area contributed by atoms with Crippen LogP contribution in [0.4, 0.5) is 17.1 Å². The first-order chi connectivity index (χ1) is 31.2. The Morgan fingerprint density at radius 1 is 0.302 bits per heavy atom. The molecule has 0 amide bonds. The Morgan fingerprint density at radius 2 is 0.794 bits per heavy atom. The number of para-hydroxylation sites is 1. The van der Waals surface area contributed by atoms with Gasteiger partial charge in [-0.25, -0.2) is 0 Å². The van der Waals surface area contributed by atoms with Crippen LogP contribution in [0.5, 0.6) is 0 Å². The van der Waals surface area contributed by atoms with Crippen molar-refractivity contribution in [1.29, 1.82) is 0 Å². The number of furan rings is 1. The van der Waals surface area contributed by atoms with E-state index in [1.165, 1.54) is 83.3 Å². The molecule has 1 aromatic heterocycles. The summed E-state index contributed by atoms with van der Waals surface area (Å²) in [5.74, 6) is 0. The average molecular weight is 802 g/mol. The number of rotatable bonds is 6. The normalized spacial score (nSPS) is 14.4. The average Bonchev–Trinajstić information content (AvgIpc) is 3.99. The summed E-state index contributed by atoms with van der Waals surface area (Å²) >= 11 is 0. The van der Waals surface area contributed by atoms with Crippen molar-refractivity contribution >= 4 is 39.0 Å². The SMILES string of the molecule is c1ccc(-c2ccc(N(c3ccc(-c4ccccc4)cc3)c3ccc4c(c3)C3(c5cc(-c6ccccc6)ccc5-4)c4ccccc4-c4c3ccc3oc5ccccc5c43)cc2)cc1. The summed E-state index contributed by atoms with van der Waals surface area (Å²) in [6.45, 7) is 0. The lowest BCUT2D eigenvalue weighted by atomic mass is 9.70. The maximum atomic E-state index is 6.57. The van der Waals surface area contributed by atoms with Gasteiger partial charge in [0.25, 0.3) is 0 Å². The smallest absolute Gasteiger partial charge is 0.136 e. The third kappa shape index (κ3) is 5.32. The minimum Gasteiger partial charge on any atom is -0.456 e. The Hall–Kier alpha value is -8.20. The number of hydrogen-bond acceptors (Lipinski definition) is 2. The van der Waals surface area contributed by atoms with Gasteiger partial charge in [-0.05, 0) is 132 Å². The molecule has 0 fully saturated rings. The van der Waals surface area contributed by atoms with E-state index in [9.17, 15) is 0 Å². The monoisotopic (exact) mass is 801 g/mol. The summed E-state index contributed by atoms with van der Waals surface area (Å²) < 4.78 is 6.57. The van der Waals surface area contributed by atoms with Gasteiger partial charge in [0.1, 0.15) is 11.2 Å². The van der Waals surface area contributed by atoms with Crippen LogP contribution in [-0.2, 0) is 5.41 Å². The van der Waals surface area contributed by atoms with Crippen molar-refractivity contribution in [2.24, 2.45) is 0 Å². The number of fused-ring (bicyclic) bond motifs is 14. The van der Waals surface area contributed by atoms with Gasteiger partial charge in [0.05, 0.1) is 5.41 Å². The molecule has 2 aliphatic carbocycles. The highest BCUT2D eigenvalue weighted by Gasteiger charge is 2.52. The van der Waals surface area contributed by atoms with E-state index in [0.717, 1.165) is 33.6 Å². The molecule has 63 heavy (non-hydrogen) atoms. The quantitative estimate of drug-likeness (QED) is 0.167. The zero-order valence-electron chi connectivity index (χ0n) is 34.4. The largest absolute Gasteiger partial charge is 0.456 e. The van der Waals surface area contributed by atoms with Crippen molar-refractivity contribution in [2.45, 2.75) is 5.41 Å². The van der Waals surface area contributed by atoms with E-state index in [1.54, 1.807) is 0 Å². The number of nitrogens with zero attached hydrogens (tertiary/aromatic N) is 1. The second-order valence-electron chi connectivity index (χ2n) is 16.8. The lowest BCUT2D eigenvalue weighted by Crippen LogP contribution is -2.26. The summed E-state index contributed by atoms with van der Waals surface area (Å²) in [4.78, 5) is 2.42. The van der Waals surface area contributed by atoms with Crippen molar-refractivity contribution in [3.63, 3.8) is 0 Å². The first-order valence-corrected chi connectivity index (χ1v) is 21.7. The Bertz CT molecular complexity index is 3450. The van der Waals surface area contributed by atoms with Crippen molar-refractivity contribution in [3.8, 4) is 55.6 Å². The topological polar surface area (TPSA) is 16.4 Å². The van der Waals surface area contributed by atoms with Crippen LogP contribution < -0.4 is 4.90 Å². The van der Waals surface area contributed by atoms with Crippen LogP contribution in [-0.4, -0.2) is 0 Å². The lowest BCUT2D eigenvalue weighted by Gasteiger charge is -2.32. The third-order valence-electron chi connectivity index (χ3n) is 13.5. The standard InChI is InChI=1S/C61H39NO/c1-4-14-40(15-5-1)43-24-29-46(30-25-43)62(47-31-26-44(27-32-47)41-16-6-2-7-17-41)48-33-35-50-49-34-28-45(42-18-8-3-9-19-42)38-55(49)61(56(50)39-48)53-22-12-10-20-51(53)59-54(61)36-37-58-60(59)52-21-11-13-23-57(52)63-58/h1-39H. The van der Waals surface area contributed by atoms with E-state index < -0.39 is 5.41 Å². The van der Waals surface area contributed by atoms with E-state index in [1.807, 2.05) is 0 Å². The van der Waals surface area contributed by atoms with Crippen LogP contribution >= 0.6 is 0 Å². The fourth-order valence-corrected chi connectivity index (χ4v) is 10.7. The van der Waals surface area contributed by atoms with Crippen molar-refractivity contribution in [3.05, 3.63) is 259 Å². The fourth-order valence-electron chi connectivity index (χ4n) is 10.7. The highest BCUT2D eigenvalue weighted by molar-refractivity contribution is 6.16. The van der Waals surface area contributed by atoms with Crippen LogP contribution in [0.2, 0.25) is 0 Å². The second kappa shape index (κ2) is 13.9. The van der Waals surface area contributed by atoms with Gasteiger partial charge in [-0.15, -0.1) is 0 Å². The molecule has 0 saturated heterocycles. The molecular weight excluding hydrogens is 763 g/mol. The van der Waals surface area contributed by atoms with E-state index in [-0.39, 0.29) is 0 Å². The maximum absolute atomic E-state index is 6.57. The molecule has 294 valence electrons. The molecule has 1 spiro atoms. The van der Waals surface area contributed by atoms with Crippen molar-refractivity contribution < 1.29 is 4.42 Å². The molecule has 2 nitrogen and oxygen atoms in total. The molecule has 11 aromatic rings. The summed E-state index contributed by atoms with van der Waals surface area (Å²) in [5.41, 5.74) is 21.9. The molecule has 0 saturated carbocycles. The molecule has 0 bridgehead atoms. The van der Waals surface area contributed by atoms with Gasteiger partial charge < -0.3 is 9.32 Å². The van der Waals surface area contributed by atoms with Crippen LogP contribution in [0.15, 0.2) is 241 Å². The molecule has 1 unspecified atom stereocenters. The van der Waals surface area contributed by atoms with Crippen molar-refractivity contribution in [2.75, 3.05) is 4.90 Å². The van der Waals surface area contributed by atoms with Crippen molar-refractivity contribution in [1.82, 2.24) is 0 Å². The summed E-state index contributed by atoms with van der Waals surface area (Å²) in [6, 6.07) is 86.5. The molecule has 2 aliphatic rings. The fraction of sp³-hybridized carbons (Fsp3) is 0.0164. The van der Waals surface area contributed by atoms with Crippen LogP contribution in [0.3, 0.4) is 0 Å². The molecule has 1 heterocycles. The van der Waals surface area contributed by atoms with E-state index in [0.29, 0.717) is 0 Å². The Morgan fingerprint density at radius 3 is 1.44 bits per heavy atom. The van der Waals surface area contributed by atoms with Gasteiger partial charge in [0.15, 0.2) is 0 Å². The Kier molecular flexibility index (Phi) is 7.85. The molecule has 13 rings (SSSR count). The first-order valence-electron chi connectivity index (χ1n) is 21.7. The molecular formula is C61H39NO. The highest BCUT2D eigenvalue weighted by atomic mass is 16.3. The van der Waals surface area contributed by atoms with Gasteiger partial charge >= 0.3 is 0 Å². The van der Waals surface area contributed by atoms with E-state index in [4.69, 9.17) is 4.42 Å². The van der Waals surface area contributed by atoms with E-state index in [2.05, 4.69) is 241 Å².